The number of benzene rings is 1. The third-order valence-corrected chi connectivity index (χ3v) is 7.14. The Bertz CT molecular complexity index is 606. The summed E-state index contributed by atoms with van der Waals surface area (Å²) in [7, 11) is -3.30. The van der Waals surface area contributed by atoms with Gasteiger partial charge in [0.1, 0.15) is 5.25 Å². The zero-order chi connectivity index (χ0) is 13.7. The maximum Gasteiger partial charge on any atom is 0.186 e. The van der Waals surface area contributed by atoms with E-state index in [4.69, 9.17) is 10.5 Å². The summed E-state index contributed by atoms with van der Waals surface area (Å²) in [6, 6.07) is 5.36. The predicted molar refractivity (Wildman–Crippen MR) is 75.7 cm³/mol. The standard InChI is InChI=1S/C13H16BrNO3S/c14-11-6-9(13(15)4-1-5-13)2-3-12(11)19(16,17)10-7-18-8-10/h2-3,6,10H,1,4-5,7-8,15H2. The van der Waals surface area contributed by atoms with Crippen LogP contribution in [-0.2, 0) is 20.1 Å². The Morgan fingerprint density at radius 3 is 2.42 bits per heavy atom. The van der Waals surface area contributed by atoms with Crippen molar-refractivity contribution >= 4 is 25.8 Å². The SMILES string of the molecule is NC1(c2ccc(S(=O)(=O)C3COC3)c(Br)c2)CCC1. The van der Waals surface area contributed by atoms with Crippen LogP contribution in [0, 0.1) is 0 Å². The van der Waals surface area contributed by atoms with Crippen molar-refractivity contribution in [3.05, 3.63) is 28.2 Å². The fraction of sp³-hybridized carbons (Fsp3) is 0.538. The first-order valence-electron chi connectivity index (χ1n) is 6.34. The molecule has 0 amide bonds. The Balaban J connectivity index is 1.96. The van der Waals surface area contributed by atoms with Crippen molar-refractivity contribution in [1.82, 2.24) is 0 Å². The molecule has 1 aliphatic heterocycles. The molecule has 0 unspecified atom stereocenters. The van der Waals surface area contributed by atoms with Crippen LogP contribution in [0.2, 0.25) is 0 Å². The highest BCUT2D eigenvalue weighted by molar-refractivity contribution is 9.10. The first kappa shape index (κ1) is 13.5. The highest BCUT2D eigenvalue weighted by atomic mass is 79.9. The minimum atomic E-state index is -3.30. The summed E-state index contributed by atoms with van der Waals surface area (Å²) < 4.78 is 30.3. The largest absolute Gasteiger partial charge is 0.379 e. The second kappa shape index (κ2) is 4.55. The fourth-order valence-electron chi connectivity index (χ4n) is 2.46. The second-order valence-electron chi connectivity index (χ2n) is 5.36. The smallest absolute Gasteiger partial charge is 0.186 e. The van der Waals surface area contributed by atoms with E-state index in [1.807, 2.05) is 12.1 Å². The molecule has 0 aromatic heterocycles. The van der Waals surface area contributed by atoms with Gasteiger partial charge in [0.2, 0.25) is 0 Å². The molecule has 104 valence electrons. The van der Waals surface area contributed by atoms with Gasteiger partial charge in [-0.25, -0.2) is 8.42 Å². The molecule has 0 spiro atoms. The molecule has 3 rings (SSSR count). The highest BCUT2D eigenvalue weighted by Gasteiger charge is 2.37. The lowest BCUT2D eigenvalue weighted by molar-refractivity contribution is 0.0416. The topological polar surface area (TPSA) is 69.4 Å². The number of sulfone groups is 1. The van der Waals surface area contributed by atoms with Gasteiger partial charge >= 0.3 is 0 Å². The summed E-state index contributed by atoms with van der Waals surface area (Å²) in [4.78, 5) is 0.340. The van der Waals surface area contributed by atoms with Crippen molar-refractivity contribution in [3.8, 4) is 0 Å². The minimum absolute atomic E-state index is 0.273. The molecule has 2 aliphatic rings. The molecule has 19 heavy (non-hydrogen) atoms. The van der Waals surface area contributed by atoms with Crippen LogP contribution < -0.4 is 5.73 Å². The molecule has 4 nitrogen and oxygen atoms in total. The fourth-order valence-corrected chi connectivity index (χ4v) is 5.01. The van der Waals surface area contributed by atoms with E-state index in [1.165, 1.54) is 0 Å². The van der Waals surface area contributed by atoms with Crippen molar-refractivity contribution < 1.29 is 13.2 Å². The van der Waals surface area contributed by atoms with Crippen LogP contribution in [0.1, 0.15) is 24.8 Å². The molecular formula is C13H16BrNO3S. The Morgan fingerprint density at radius 1 is 1.32 bits per heavy atom. The second-order valence-corrected chi connectivity index (χ2v) is 8.41. The van der Waals surface area contributed by atoms with Crippen molar-refractivity contribution in [3.63, 3.8) is 0 Å². The van der Waals surface area contributed by atoms with Crippen LogP contribution in [0.3, 0.4) is 0 Å². The van der Waals surface area contributed by atoms with E-state index in [9.17, 15) is 8.42 Å². The van der Waals surface area contributed by atoms with Gasteiger partial charge in [0.05, 0.1) is 18.1 Å². The average molecular weight is 346 g/mol. The van der Waals surface area contributed by atoms with E-state index in [2.05, 4.69) is 15.9 Å². The van der Waals surface area contributed by atoms with Crippen LogP contribution in [0.4, 0.5) is 0 Å². The van der Waals surface area contributed by atoms with E-state index < -0.39 is 15.1 Å². The van der Waals surface area contributed by atoms with Gasteiger partial charge in [-0.3, -0.25) is 0 Å². The van der Waals surface area contributed by atoms with Crippen molar-refractivity contribution in [2.24, 2.45) is 5.73 Å². The van der Waals surface area contributed by atoms with Gasteiger partial charge in [-0.1, -0.05) is 6.07 Å². The summed E-state index contributed by atoms with van der Waals surface area (Å²) in [6.07, 6.45) is 3.05. The minimum Gasteiger partial charge on any atom is -0.379 e. The molecule has 1 saturated carbocycles. The van der Waals surface area contributed by atoms with Crippen molar-refractivity contribution in [1.29, 1.82) is 0 Å². The van der Waals surface area contributed by atoms with Gasteiger partial charge in [0.15, 0.2) is 9.84 Å². The Hall–Kier alpha value is -0.430. The molecule has 1 aromatic rings. The zero-order valence-corrected chi connectivity index (χ0v) is 12.8. The number of hydrogen-bond acceptors (Lipinski definition) is 4. The summed E-state index contributed by atoms with van der Waals surface area (Å²) >= 11 is 3.37. The van der Waals surface area contributed by atoms with Crippen LogP contribution in [0.15, 0.2) is 27.6 Å². The molecule has 0 radical (unpaired) electrons. The van der Waals surface area contributed by atoms with E-state index >= 15 is 0 Å². The number of rotatable bonds is 3. The molecule has 0 bridgehead atoms. The normalized spacial score (nSPS) is 22.6. The van der Waals surface area contributed by atoms with Gasteiger partial charge in [0.25, 0.3) is 0 Å². The van der Waals surface area contributed by atoms with Crippen LogP contribution in [-0.4, -0.2) is 26.9 Å². The summed E-state index contributed by atoms with van der Waals surface area (Å²) in [5, 5.41) is -0.412. The molecule has 1 heterocycles. The molecule has 1 aromatic carbocycles. The molecule has 0 atom stereocenters. The van der Waals surface area contributed by atoms with Gasteiger partial charge < -0.3 is 10.5 Å². The van der Waals surface area contributed by atoms with Gasteiger partial charge in [-0.15, -0.1) is 0 Å². The summed E-state index contributed by atoms with van der Waals surface area (Å²) in [5.41, 5.74) is 6.99. The van der Waals surface area contributed by atoms with Crippen LogP contribution in [0.25, 0.3) is 0 Å². The average Bonchev–Trinajstić information content (AvgIpc) is 2.22. The lowest BCUT2D eigenvalue weighted by Crippen LogP contribution is -2.43. The first-order chi connectivity index (χ1) is 8.93. The summed E-state index contributed by atoms with van der Waals surface area (Å²) in [5.74, 6) is 0. The molecule has 2 fully saturated rings. The third kappa shape index (κ3) is 2.14. The number of hydrogen-bond donors (Lipinski definition) is 1. The monoisotopic (exact) mass is 345 g/mol. The van der Waals surface area contributed by atoms with Gasteiger partial charge in [0, 0.05) is 10.0 Å². The Kier molecular flexibility index (Phi) is 3.24. The van der Waals surface area contributed by atoms with Crippen molar-refractivity contribution in [2.75, 3.05) is 13.2 Å². The molecule has 1 aliphatic carbocycles. The van der Waals surface area contributed by atoms with E-state index in [-0.39, 0.29) is 18.8 Å². The Morgan fingerprint density at radius 2 is 2.00 bits per heavy atom. The Labute approximate surface area is 121 Å². The molecular weight excluding hydrogens is 330 g/mol. The zero-order valence-electron chi connectivity index (χ0n) is 10.4. The van der Waals surface area contributed by atoms with E-state index in [0.29, 0.717) is 9.37 Å². The molecule has 1 saturated heterocycles. The van der Waals surface area contributed by atoms with Gasteiger partial charge in [-0.2, -0.15) is 0 Å². The van der Waals surface area contributed by atoms with E-state index in [1.54, 1.807) is 6.07 Å². The van der Waals surface area contributed by atoms with E-state index in [0.717, 1.165) is 24.8 Å². The number of ether oxygens (including phenoxy) is 1. The highest BCUT2D eigenvalue weighted by Crippen LogP contribution is 2.40. The van der Waals surface area contributed by atoms with Crippen molar-refractivity contribution in [2.45, 2.75) is 34.9 Å². The first-order valence-corrected chi connectivity index (χ1v) is 8.68. The quantitative estimate of drug-likeness (QED) is 0.908. The maximum atomic E-state index is 12.3. The maximum absolute atomic E-state index is 12.3. The molecule has 6 heteroatoms. The van der Waals surface area contributed by atoms with Gasteiger partial charge in [-0.05, 0) is 52.9 Å². The lowest BCUT2D eigenvalue weighted by Gasteiger charge is -2.39. The number of nitrogens with two attached hydrogens (primary N) is 1. The third-order valence-electron chi connectivity index (χ3n) is 4.11. The predicted octanol–water partition coefficient (Wildman–Crippen LogP) is 1.96. The van der Waals surface area contributed by atoms with Crippen LogP contribution >= 0.6 is 15.9 Å². The lowest BCUT2D eigenvalue weighted by atomic mass is 9.73. The van der Waals surface area contributed by atoms with Crippen LogP contribution in [0.5, 0.6) is 0 Å². The molecule has 2 N–H and O–H groups in total. The summed E-state index contributed by atoms with van der Waals surface area (Å²) in [6.45, 7) is 0.578. The number of halogens is 1.